The van der Waals surface area contributed by atoms with Crippen LogP contribution in [0.5, 0.6) is 5.75 Å². The normalized spacial score (nSPS) is 11.5. The number of benzene rings is 2. The predicted octanol–water partition coefficient (Wildman–Crippen LogP) is 6.18. The molecule has 0 spiro atoms. The summed E-state index contributed by atoms with van der Waals surface area (Å²) >= 11 is 0. The van der Waals surface area contributed by atoms with Gasteiger partial charge in [-0.1, -0.05) is 37.8 Å². The van der Waals surface area contributed by atoms with Crippen molar-refractivity contribution in [2.75, 3.05) is 36.1 Å². The van der Waals surface area contributed by atoms with E-state index >= 15 is 0 Å². The number of nitrogens with zero attached hydrogens (tertiary/aromatic N) is 4. The second kappa shape index (κ2) is 15.9. The van der Waals surface area contributed by atoms with Crippen LogP contribution < -0.4 is 14.8 Å². The van der Waals surface area contributed by atoms with Crippen molar-refractivity contribution in [2.45, 2.75) is 45.8 Å². The van der Waals surface area contributed by atoms with E-state index in [1.165, 1.54) is 37.0 Å². The second-order valence-corrected chi connectivity index (χ2v) is 19.7. The molecule has 0 saturated heterocycles. The van der Waals surface area contributed by atoms with Crippen molar-refractivity contribution < 1.29 is 31.8 Å². The number of carbonyl (C=O) groups is 1. The van der Waals surface area contributed by atoms with Gasteiger partial charge >= 0.3 is 5.97 Å². The third-order valence-corrected chi connectivity index (χ3v) is 10.2. The maximum absolute atomic E-state index is 13.4. The highest BCUT2D eigenvalue weighted by molar-refractivity contribution is 7.92. The molecule has 0 saturated carbocycles. The molecule has 254 valence electrons. The first kappa shape index (κ1) is 36.1. The van der Waals surface area contributed by atoms with Crippen molar-refractivity contribution in [3.05, 3.63) is 83.3 Å². The lowest BCUT2D eigenvalue weighted by atomic mass is 10.1. The predicted molar refractivity (Wildman–Crippen MR) is 184 cm³/mol. The summed E-state index contributed by atoms with van der Waals surface area (Å²) in [7, 11) is -3.73. The van der Waals surface area contributed by atoms with Gasteiger partial charge in [0.25, 0.3) is 0 Å². The summed E-state index contributed by atoms with van der Waals surface area (Å²) in [4.78, 5) is 16.2. The number of sulfonamides is 1. The minimum atomic E-state index is -3.64. The minimum absolute atomic E-state index is 0.0388. The van der Waals surface area contributed by atoms with Gasteiger partial charge < -0.3 is 19.5 Å². The lowest BCUT2D eigenvalue weighted by Gasteiger charge is -2.16. The second-order valence-electron chi connectivity index (χ2n) is 12.0. The first-order valence-corrected chi connectivity index (χ1v) is 20.6. The summed E-state index contributed by atoms with van der Waals surface area (Å²) in [5, 5.41) is 18.2. The number of ether oxygens (including phenoxy) is 3. The molecule has 0 amide bonds. The molecule has 0 aliphatic carbocycles. The Bertz CT molecular complexity index is 1870. The Hall–Kier alpha value is -4.78. The van der Waals surface area contributed by atoms with Gasteiger partial charge in [0.2, 0.25) is 10.0 Å². The highest BCUT2D eigenvalue weighted by atomic mass is 32.2. The molecule has 0 aliphatic heterocycles. The molecular formula is C33H39FN6O6SSi. The van der Waals surface area contributed by atoms with Crippen LogP contribution in [0.3, 0.4) is 0 Å². The topological polar surface area (TPSA) is 157 Å². The van der Waals surface area contributed by atoms with E-state index in [-0.39, 0.29) is 47.5 Å². The van der Waals surface area contributed by atoms with Gasteiger partial charge in [0.1, 0.15) is 41.4 Å². The molecule has 0 bridgehead atoms. The lowest BCUT2D eigenvalue weighted by Crippen LogP contribution is -2.22. The van der Waals surface area contributed by atoms with Crippen molar-refractivity contribution >= 4 is 41.4 Å². The molecule has 2 N–H and O–H groups in total. The Morgan fingerprint density at radius 2 is 1.83 bits per heavy atom. The van der Waals surface area contributed by atoms with Crippen LogP contribution in [-0.2, 0) is 32.6 Å². The molecule has 2 aromatic carbocycles. The number of nitrogens with one attached hydrogen (secondary N) is 2. The maximum Gasteiger partial charge on any atom is 0.339 e. The van der Waals surface area contributed by atoms with Crippen LogP contribution in [-0.4, -0.2) is 63.3 Å². The number of anilines is 3. The molecule has 0 unspecified atom stereocenters. The zero-order chi connectivity index (χ0) is 34.9. The number of halogens is 1. The van der Waals surface area contributed by atoms with E-state index in [2.05, 4.69) is 40.7 Å². The van der Waals surface area contributed by atoms with Crippen LogP contribution in [0.2, 0.25) is 25.7 Å². The fourth-order valence-corrected chi connectivity index (χ4v) is 5.80. The van der Waals surface area contributed by atoms with E-state index in [1.54, 1.807) is 42.5 Å². The third-order valence-electron chi connectivity index (χ3n) is 7.17. The number of esters is 1. The van der Waals surface area contributed by atoms with Crippen LogP contribution in [0.15, 0.2) is 60.8 Å². The van der Waals surface area contributed by atoms with E-state index in [4.69, 9.17) is 19.3 Å². The summed E-state index contributed by atoms with van der Waals surface area (Å²) in [5.74, 6) is -0.132. The molecule has 12 nitrogen and oxygen atoms in total. The zero-order valence-corrected chi connectivity index (χ0v) is 29.4. The van der Waals surface area contributed by atoms with Gasteiger partial charge in [-0.25, -0.2) is 27.3 Å². The smallest absolute Gasteiger partial charge is 0.339 e. The third kappa shape index (κ3) is 9.86. The van der Waals surface area contributed by atoms with E-state index in [1.807, 2.05) is 0 Å². The van der Waals surface area contributed by atoms with Gasteiger partial charge in [-0.3, -0.25) is 4.72 Å². The largest absolute Gasteiger partial charge is 0.491 e. The van der Waals surface area contributed by atoms with Gasteiger partial charge in [0.05, 0.1) is 30.7 Å². The number of hydrogen-bond acceptors (Lipinski definition) is 10. The van der Waals surface area contributed by atoms with Crippen LogP contribution in [0, 0.1) is 17.1 Å². The molecule has 0 radical (unpaired) electrons. The first-order chi connectivity index (χ1) is 22.8. The first-order valence-electron chi connectivity index (χ1n) is 15.2. The molecule has 0 atom stereocenters. The Kier molecular flexibility index (Phi) is 11.9. The van der Waals surface area contributed by atoms with Gasteiger partial charge in [0, 0.05) is 32.9 Å². The molecular weight excluding hydrogens is 656 g/mol. The Labute approximate surface area is 280 Å². The molecule has 2 aromatic heterocycles. The van der Waals surface area contributed by atoms with Crippen LogP contribution in [0.1, 0.15) is 28.4 Å². The van der Waals surface area contributed by atoms with E-state index in [0.29, 0.717) is 35.9 Å². The van der Waals surface area contributed by atoms with Gasteiger partial charge in [-0.05, 0) is 54.9 Å². The summed E-state index contributed by atoms with van der Waals surface area (Å²) in [6.45, 7) is 8.98. The van der Waals surface area contributed by atoms with E-state index in [9.17, 15) is 22.9 Å². The molecule has 48 heavy (non-hydrogen) atoms. The maximum atomic E-state index is 13.4. The highest BCUT2D eigenvalue weighted by Crippen LogP contribution is 2.36. The highest BCUT2D eigenvalue weighted by Gasteiger charge is 2.23. The molecule has 0 fully saturated rings. The molecule has 0 aliphatic rings. The van der Waals surface area contributed by atoms with Crippen molar-refractivity contribution in [1.82, 2.24) is 14.8 Å². The van der Waals surface area contributed by atoms with Gasteiger partial charge in [-0.2, -0.15) is 10.4 Å². The number of methoxy groups -OCH3 is 1. The van der Waals surface area contributed by atoms with E-state index < -0.39 is 24.1 Å². The number of aromatic nitrogens is 3. The summed E-state index contributed by atoms with van der Waals surface area (Å²) in [5.41, 5.74) is 2.29. The van der Waals surface area contributed by atoms with Crippen molar-refractivity contribution in [2.24, 2.45) is 0 Å². The average Bonchev–Trinajstić information content (AvgIpc) is 3.40. The number of rotatable bonds is 16. The summed E-state index contributed by atoms with van der Waals surface area (Å²) in [6, 6.07) is 17.1. The van der Waals surface area contributed by atoms with Crippen LogP contribution in [0.4, 0.5) is 21.7 Å². The number of nitriles is 1. The van der Waals surface area contributed by atoms with E-state index in [0.717, 1.165) is 11.6 Å². The molecule has 4 rings (SSSR count). The average molecular weight is 695 g/mol. The minimum Gasteiger partial charge on any atom is -0.491 e. The number of pyridine rings is 1. The molecule has 15 heteroatoms. The van der Waals surface area contributed by atoms with Crippen molar-refractivity contribution in [1.29, 1.82) is 5.26 Å². The molecule has 2 heterocycles. The van der Waals surface area contributed by atoms with Crippen LogP contribution in [0.25, 0.3) is 11.3 Å². The van der Waals surface area contributed by atoms with Crippen molar-refractivity contribution in [3.63, 3.8) is 0 Å². The summed E-state index contributed by atoms with van der Waals surface area (Å²) in [6.07, 6.45) is 1.80. The Morgan fingerprint density at radius 3 is 2.46 bits per heavy atom. The van der Waals surface area contributed by atoms with Gasteiger partial charge in [0.15, 0.2) is 5.82 Å². The summed E-state index contributed by atoms with van der Waals surface area (Å²) < 4.78 is 59.2. The lowest BCUT2D eigenvalue weighted by molar-refractivity contribution is 0.0600. The fraction of sp³-hybridized carbons (Fsp3) is 0.333. The Balaban J connectivity index is 1.71. The standard InChI is InChI=1S/C33H39FN6O6SSi/c1-6-47(42,43)39-28-13-9-24(19-29(28)46-16-15-23-7-11-26(34)12-8-23)31-27(20-35)32(40(38-31)22-45-17-18-48(3,4)5)37-30-14-10-25(21-36-30)33(41)44-2/h7-14,19,21,39H,6,15-18,22H2,1-5H3,(H,36,37). The Morgan fingerprint density at radius 1 is 1.08 bits per heavy atom. The molecule has 4 aromatic rings. The zero-order valence-electron chi connectivity index (χ0n) is 27.5. The SMILES string of the molecule is CCS(=O)(=O)Nc1ccc(-c2nn(COCC[Si](C)(C)C)c(Nc3ccc(C(=O)OC)cn3)c2C#N)cc1OCCc1ccc(F)cc1. The fourth-order valence-electron chi connectivity index (χ4n) is 4.39. The quantitative estimate of drug-likeness (QED) is 0.0788. The van der Waals surface area contributed by atoms with Gasteiger partial charge in [-0.15, -0.1) is 0 Å². The monoisotopic (exact) mass is 694 g/mol. The van der Waals surface area contributed by atoms with Crippen molar-refractivity contribution in [3.8, 4) is 23.1 Å². The number of hydrogen-bond donors (Lipinski definition) is 2. The van der Waals surface area contributed by atoms with Crippen LogP contribution >= 0.6 is 0 Å². The number of carbonyl (C=O) groups excluding carboxylic acids is 1.